The zero-order chi connectivity index (χ0) is 14.5. The Morgan fingerprint density at radius 2 is 1.48 bits per heavy atom. The van der Waals surface area contributed by atoms with Crippen molar-refractivity contribution in [2.24, 2.45) is 0 Å². The van der Waals surface area contributed by atoms with Crippen LogP contribution in [0.4, 0.5) is 5.69 Å². The van der Waals surface area contributed by atoms with Crippen LogP contribution >= 0.6 is 23.2 Å². The van der Waals surface area contributed by atoms with Crippen LogP contribution in [0.15, 0.2) is 47.6 Å². The fraction of sp³-hybridized carbons (Fsp3) is 0. The van der Waals surface area contributed by atoms with E-state index in [0.717, 1.165) is 12.1 Å². The Kier molecular flexibility index (Phi) is 18.0. The summed E-state index contributed by atoms with van der Waals surface area (Å²) in [4.78, 5) is 3.22. The molecule has 0 saturated heterocycles. The number of nitrogens with two attached hydrogens (primary N) is 1. The Bertz CT molecular complexity index is 634. The smallest absolute Gasteiger partial charge is 0.744 e. The Labute approximate surface area is 158 Å². The van der Waals surface area contributed by atoms with Gasteiger partial charge >= 0.3 is 22.4 Å². The van der Waals surface area contributed by atoms with E-state index in [-0.39, 0.29) is 54.5 Å². The van der Waals surface area contributed by atoms with Gasteiger partial charge in [0.1, 0.15) is 10.1 Å². The number of halogens is 2. The van der Waals surface area contributed by atoms with E-state index in [0.29, 0.717) is 0 Å². The molecule has 2 aromatic rings. The molecule has 0 saturated carbocycles. The van der Waals surface area contributed by atoms with Gasteiger partial charge in [-0.2, -0.15) is 0 Å². The summed E-state index contributed by atoms with van der Waals surface area (Å²) in [6, 6.07) is 7.77. The SMILES string of the molecule is Nc1cc(Cl)c(S(=O)(=O)[O-])cc1Cl.O.O.[Ag+].[OH3+].c1ccncc1. The first-order chi connectivity index (χ1) is 8.82. The molecule has 8 nitrogen and oxygen atoms in total. The van der Waals surface area contributed by atoms with Gasteiger partial charge in [0.25, 0.3) is 0 Å². The summed E-state index contributed by atoms with van der Waals surface area (Å²) in [6.07, 6.45) is 3.50. The molecule has 0 aliphatic carbocycles. The molecule has 9 N–H and O–H groups in total. The van der Waals surface area contributed by atoms with Crippen molar-refractivity contribution in [1.82, 2.24) is 4.98 Å². The number of anilines is 1. The number of hydrogen-bond acceptors (Lipinski definition) is 5. The summed E-state index contributed by atoms with van der Waals surface area (Å²) in [7, 11) is -4.59. The van der Waals surface area contributed by atoms with Crippen LogP contribution in [0.5, 0.6) is 0 Å². The fourth-order valence-corrected chi connectivity index (χ4v) is 2.29. The zero-order valence-corrected chi connectivity index (χ0v) is 15.1. The predicted molar refractivity (Wildman–Crippen MR) is 85.2 cm³/mol. The average molecular weight is 483 g/mol. The van der Waals surface area contributed by atoms with Gasteiger partial charge in [0.05, 0.1) is 20.6 Å². The second kappa shape index (κ2) is 13.7. The third kappa shape index (κ3) is 10.6. The number of pyridine rings is 1. The van der Waals surface area contributed by atoms with E-state index >= 15 is 0 Å². The maximum absolute atomic E-state index is 10.6. The molecular formula is C11H16AgCl2N2O6S+. The number of hydrogen-bond donors (Lipinski definition) is 1. The monoisotopic (exact) mass is 481 g/mol. The first kappa shape index (κ1) is 30.2. The Morgan fingerprint density at radius 1 is 1.00 bits per heavy atom. The molecule has 12 heteroatoms. The van der Waals surface area contributed by atoms with Crippen molar-refractivity contribution in [2.45, 2.75) is 4.90 Å². The second-order valence-electron chi connectivity index (χ2n) is 3.28. The Balaban J connectivity index is -0.000000157. The van der Waals surface area contributed by atoms with E-state index in [4.69, 9.17) is 28.9 Å². The minimum atomic E-state index is -4.59. The van der Waals surface area contributed by atoms with Gasteiger partial charge in [-0.25, -0.2) is 8.42 Å². The molecule has 0 aliphatic heterocycles. The van der Waals surface area contributed by atoms with Crippen LogP contribution in [0.1, 0.15) is 0 Å². The molecule has 0 aliphatic rings. The molecule has 1 heterocycles. The van der Waals surface area contributed by atoms with Gasteiger partial charge in [-0.1, -0.05) is 29.3 Å². The summed E-state index contributed by atoms with van der Waals surface area (Å²) in [5, 5.41) is -0.240. The van der Waals surface area contributed by atoms with E-state index in [1.165, 1.54) is 0 Å². The topological polar surface area (TPSA) is 192 Å². The summed E-state index contributed by atoms with van der Waals surface area (Å²) < 4.78 is 31.7. The maximum Gasteiger partial charge on any atom is 1.00 e. The molecule has 1 aromatic carbocycles. The van der Waals surface area contributed by atoms with Crippen molar-refractivity contribution < 1.29 is 51.8 Å². The quantitative estimate of drug-likeness (QED) is 0.258. The van der Waals surface area contributed by atoms with Crippen LogP contribution in [-0.4, -0.2) is 28.9 Å². The number of benzene rings is 1. The number of nitrogen functional groups attached to an aromatic ring is 1. The van der Waals surface area contributed by atoms with E-state index < -0.39 is 15.0 Å². The molecule has 0 atom stereocenters. The van der Waals surface area contributed by atoms with Crippen LogP contribution in [0.25, 0.3) is 0 Å². The minimum Gasteiger partial charge on any atom is -0.744 e. The van der Waals surface area contributed by atoms with Crippen LogP contribution < -0.4 is 5.73 Å². The van der Waals surface area contributed by atoms with Crippen molar-refractivity contribution in [3.05, 3.63) is 52.8 Å². The molecule has 0 bridgehead atoms. The van der Waals surface area contributed by atoms with Crippen molar-refractivity contribution in [3.8, 4) is 0 Å². The van der Waals surface area contributed by atoms with Gasteiger partial charge < -0.3 is 26.7 Å². The minimum absolute atomic E-state index is 0. The number of aromatic nitrogens is 1. The van der Waals surface area contributed by atoms with Crippen molar-refractivity contribution >= 4 is 39.0 Å². The third-order valence-electron chi connectivity index (χ3n) is 1.89. The Hall–Kier alpha value is -0.720. The zero-order valence-electron chi connectivity index (χ0n) is 11.3. The normalized spacial score (nSPS) is 8.65. The molecule has 0 fully saturated rings. The van der Waals surface area contributed by atoms with Crippen LogP contribution in [0.2, 0.25) is 10.0 Å². The van der Waals surface area contributed by atoms with Gasteiger partial charge in [-0.15, -0.1) is 0 Å². The van der Waals surface area contributed by atoms with Crippen molar-refractivity contribution in [3.63, 3.8) is 0 Å². The van der Waals surface area contributed by atoms with E-state index in [1.807, 2.05) is 18.2 Å². The first-order valence-corrected chi connectivity index (χ1v) is 7.04. The number of rotatable bonds is 1. The van der Waals surface area contributed by atoms with E-state index in [2.05, 4.69) is 4.98 Å². The van der Waals surface area contributed by atoms with Gasteiger partial charge in [0.2, 0.25) is 0 Å². The largest absolute Gasteiger partial charge is 1.00 e. The summed E-state index contributed by atoms with van der Waals surface area (Å²) in [5.41, 5.74) is 5.44. The maximum atomic E-state index is 10.6. The molecule has 0 amide bonds. The van der Waals surface area contributed by atoms with E-state index in [1.54, 1.807) is 12.4 Å². The van der Waals surface area contributed by atoms with Gasteiger partial charge in [0.15, 0.2) is 0 Å². The molecule has 0 spiro atoms. The second-order valence-corrected chi connectivity index (χ2v) is 5.45. The van der Waals surface area contributed by atoms with Crippen LogP contribution in [-0.2, 0) is 38.0 Å². The Morgan fingerprint density at radius 3 is 1.78 bits per heavy atom. The standard InChI is InChI=1S/C6H5Cl2NO3S.C5H5N.Ag.3H2O/c7-3-2-6(13(10,11)12)4(8)1-5(3)9;1-2-4-6-5-3-1;;;;/h1-2H,9H2,(H,10,11,12);1-5H;;3*1H2/q;;+1;;;. The molecule has 2 rings (SSSR count). The average Bonchev–Trinajstić information content (AvgIpc) is 2.35. The first-order valence-electron chi connectivity index (χ1n) is 4.88. The molecular weight excluding hydrogens is 467 g/mol. The van der Waals surface area contributed by atoms with Crippen LogP contribution in [0, 0.1) is 0 Å². The van der Waals surface area contributed by atoms with Gasteiger partial charge in [0, 0.05) is 12.4 Å². The fourth-order valence-electron chi connectivity index (χ4n) is 1.05. The van der Waals surface area contributed by atoms with E-state index in [9.17, 15) is 13.0 Å². The number of nitrogens with zero attached hydrogens (tertiary/aromatic N) is 1. The van der Waals surface area contributed by atoms with Crippen molar-refractivity contribution in [2.75, 3.05) is 5.73 Å². The molecule has 23 heavy (non-hydrogen) atoms. The van der Waals surface area contributed by atoms with Gasteiger partial charge in [-0.05, 0) is 24.3 Å². The molecule has 1 aromatic heterocycles. The third-order valence-corrected chi connectivity index (χ3v) is 3.52. The molecule has 0 unspecified atom stereocenters. The van der Waals surface area contributed by atoms with Crippen molar-refractivity contribution in [1.29, 1.82) is 0 Å². The molecule has 0 radical (unpaired) electrons. The summed E-state index contributed by atoms with van der Waals surface area (Å²) in [5.74, 6) is 0. The predicted octanol–water partition coefficient (Wildman–Crippen LogP) is -0.0125. The van der Waals surface area contributed by atoms with Crippen LogP contribution in [0.3, 0.4) is 0 Å². The summed E-state index contributed by atoms with van der Waals surface area (Å²) in [6.45, 7) is 0. The van der Waals surface area contributed by atoms with Gasteiger partial charge in [-0.3, -0.25) is 4.98 Å². The molecule has 136 valence electrons. The summed E-state index contributed by atoms with van der Waals surface area (Å²) >= 11 is 11.0.